The molecule has 1 amide bonds. The minimum absolute atomic E-state index is 0.00535. The van der Waals surface area contributed by atoms with Crippen molar-refractivity contribution in [2.24, 2.45) is 0 Å². The van der Waals surface area contributed by atoms with Crippen LogP contribution in [0.2, 0.25) is 0 Å². The van der Waals surface area contributed by atoms with Gasteiger partial charge in [-0.2, -0.15) is 0 Å². The Morgan fingerprint density at radius 3 is 0.897 bits per heavy atom. The molecule has 0 saturated heterocycles. The molecule has 0 aromatic carbocycles. The van der Waals surface area contributed by atoms with Crippen LogP contribution in [-0.2, 0) is 14.3 Å². The largest absolute Gasteiger partial charge is 0.466 e. The van der Waals surface area contributed by atoms with Gasteiger partial charge < -0.3 is 20.3 Å². The van der Waals surface area contributed by atoms with Crippen LogP contribution in [-0.4, -0.2) is 47.4 Å². The fourth-order valence-electron chi connectivity index (χ4n) is 12.3. The Hall–Kier alpha value is -2.18. The number of unbranched alkanes of at least 4 members (excludes halogenated alkanes) is 57. The van der Waals surface area contributed by atoms with Gasteiger partial charge in [0.1, 0.15) is 0 Å². The lowest BCUT2D eigenvalue weighted by Gasteiger charge is -2.20. The summed E-state index contributed by atoms with van der Waals surface area (Å²) in [6.07, 6.45) is 101. The van der Waals surface area contributed by atoms with E-state index in [1.165, 1.54) is 353 Å². The van der Waals surface area contributed by atoms with Gasteiger partial charge in [0.05, 0.1) is 25.4 Å². The standard InChI is InChI=1S/C81H153NO5/c1-3-5-7-9-11-13-15-17-19-21-22-36-39-42-45-49-53-57-61-65-69-73-79(84)78(77-83)82-80(85)74-70-66-62-58-54-50-46-43-40-37-34-32-30-28-26-24-23-25-27-29-31-33-35-38-41-44-48-52-56-60-64-68-72-76-87-81(86)75-71-67-63-59-55-51-47-20-18-16-14-12-10-8-6-4-2/h14,16,20,27,29,47,69,73,78-79,83-84H,3-13,15,17-19,21-26,28,30-46,48-68,70-72,74-77H2,1-2H3,(H,82,85)/b16-14-,29-27-,47-20-,73-69+. The Labute approximate surface area is 544 Å². The Kier molecular flexibility index (Phi) is 74.4. The van der Waals surface area contributed by atoms with Gasteiger partial charge in [0.2, 0.25) is 5.91 Å². The first-order valence-electron chi connectivity index (χ1n) is 39.4. The van der Waals surface area contributed by atoms with E-state index in [-0.39, 0.29) is 18.5 Å². The smallest absolute Gasteiger partial charge is 0.305 e. The van der Waals surface area contributed by atoms with Gasteiger partial charge in [0, 0.05) is 12.8 Å². The van der Waals surface area contributed by atoms with Gasteiger partial charge in [0.15, 0.2) is 0 Å². The Bertz CT molecular complexity index is 1450. The highest BCUT2D eigenvalue weighted by Gasteiger charge is 2.18. The molecule has 3 N–H and O–H groups in total. The van der Waals surface area contributed by atoms with E-state index >= 15 is 0 Å². The number of esters is 1. The lowest BCUT2D eigenvalue weighted by molar-refractivity contribution is -0.143. The second kappa shape index (κ2) is 76.3. The summed E-state index contributed by atoms with van der Waals surface area (Å²) in [5.74, 6) is -0.0555. The third-order valence-corrected chi connectivity index (χ3v) is 18.3. The van der Waals surface area contributed by atoms with E-state index in [0.717, 1.165) is 51.4 Å². The zero-order valence-electron chi connectivity index (χ0n) is 58.8. The van der Waals surface area contributed by atoms with E-state index < -0.39 is 12.1 Å². The lowest BCUT2D eigenvalue weighted by atomic mass is 10.0. The van der Waals surface area contributed by atoms with Gasteiger partial charge >= 0.3 is 5.97 Å². The molecule has 0 rings (SSSR count). The number of amides is 1. The fourth-order valence-corrected chi connectivity index (χ4v) is 12.3. The Morgan fingerprint density at radius 2 is 0.575 bits per heavy atom. The number of hydrogen-bond acceptors (Lipinski definition) is 5. The average Bonchev–Trinajstić information content (AvgIpc) is 3.55. The molecule has 6 nitrogen and oxygen atoms in total. The molecule has 0 aliphatic rings. The first-order chi connectivity index (χ1) is 43.0. The summed E-state index contributed by atoms with van der Waals surface area (Å²) in [5.41, 5.74) is 0. The molecule has 2 atom stereocenters. The highest BCUT2D eigenvalue weighted by molar-refractivity contribution is 5.76. The Balaban J connectivity index is 3.38. The van der Waals surface area contributed by atoms with Crippen molar-refractivity contribution in [2.75, 3.05) is 13.2 Å². The molecular weight excluding hydrogens is 1070 g/mol. The second-order valence-electron chi connectivity index (χ2n) is 27.0. The van der Waals surface area contributed by atoms with E-state index in [2.05, 4.69) is 55.6 Å². The van der Waals surface area contributed by atoms with Crippen LogP contribution in [0, 0.1) is 0 Å². The number of carbonyl (C=O) groups is 2. The summed E-state index contributed by atoms with van der Waals surface area (Å²) in [4.78, 5) is 24.6. The van der Waals surface area contributed by atoms with Gasteiger partial charge in [-0.1, -0.05) is 377 Å². The van der Waals surface area contributed by atoms with E-state index in [0.29, 0.717) is 19.4 Å². The molecule has 0 aromatic heterocycles. The van der Waals surface area contributed by atoms with E-state index in [4.69, 9.17) is 4.74 Å². The van der Waals surface area contributed by atoms with Gasteiger partial charge in [-0.15, -0.1) is 0 Å². The maximum atomic E-state index is 12.5. The molecule has 0 fully saturated rings. The summed E-state index contributed by atoms with van der Waals surface area (Å²) in [5, 5.41) is 23.3. The van der Waals surface area contributed by atoms with E-state index in [1.54, 1.807) is 6.08 Å². The van der Waals surface area contributed by atoms with Crippen LogP contribution in [0.25, 0.3) is 0 Å². The minimum Gasteiger partial charge on any atom is -0.466 e. The second-order valence-corrected chi connectivity index (χ2v) is 27.0. The first kappa shape index (κ1) is 84.8. The van der Waals surface area contributed by atoms with Crippen LogP contribution in [0.1, 0.15) is 431 Å². The summed E-state index contributed by atoms with van der Waals surface area (Å²) in [6, 6.07) is -0.627. The predicted molar refractivity (Wildman–Crippen MR) is 384 cm³/mol. The summed E-state index contributed by atoms with van der Waals surface area (Å²) in [6.45, 7) is 4.92. The minimum atomic E-state index is -0.844. The molecule has 6 heteroatoms. The first-order valence-corrected chi connectivity index (χ1v) is 39.4. The number of nitrogens with one attached hydrogen (secondary N) is 1. The molecule has 0 saturated carbocycles. The molecule has 2 unspecified atom stereocenters. The maximum Gasteiger partial charge on any atom is 0.305 e. The molecule has 512 valence electrons. The summed E-state index contributed by atoms with van der Waals surface area (Å²) < 4.78 is 5.50. The zero-order valence-corrected chi connectivity index (χ0v) is 58.8. The monoisotopic (exact) mass is 1220 g/mol. The molecule has 0 spiro atoms. The fraction of sp³-hybridized carbons (Fsp3) is 0.877. The third-order valence-electron chi connectivity index (χ3n) is 18.3. The number of hydrogen-bond donors (Lipinski definition) is 3. The molecule has 0 bridgehead atoms. The molecular formula is C81H153NO5. The van der Waals surface area contributed by atoms with Crippen LogP contribution in [0.15, 0.2) is 48.6 Å². The Morgan fingerprint density at radius 1 is 0.322 bits per heavy atom. The molecule has 0 radical (unpaired) electrons. The molecule has 0 aliphatic carbocycles. The molecule has 0 heterocycles. The third kappa shape index (κ3) is 72.8. The van der Waals surface area contributed by atoms with Gasteiger partial charge in [-0.25, -0.2) is 0 Å². The molecule has 87 heavy (non-hydrogen) atoms. The number of ether oxygens (including phenoxy) is 1. The van der Waals surface area contributed by atoms with E-state index in [1.807, 2.05) is 6.08 Å². The van der Waals surface area contributed by atoms with Crippen molar-refractivity contribution in [1.29, 1.82) is 0 Å². The lowest BCUT2D eigenvalue weighted by Crippen LogP contribution is -2.45. The summed E-state index contributed by atoms with van der Waals surface area (Å²) in [7, 11) is 0. The highest BCUT2D eigenvalue weighted by atomic mass is 16.5. The zero-order chi connectivity index (χ0) is 62.8. The number of rotatable bonds is 74. The van der Waals surface area contributed by atoms with Crippen LogP contribution in [0.3, 0.4) is 0 Å². The van der Waals surface area contributed by atoms with Crippen LogP contribution in [0.5, 0.6) is 0 Å². The van der Waals surface area contributed by atoms with Crippen LogP contribution in [0.4, 0.5) is 0 Å². The number of aliphatic hydroxyl groups excluding tert-OH is 2. The molecule has 0 aromatic rings. The van der Waals surface area contributed by atoms with Crippen molar-refractivity contribution < 1.29 is 24.5 Å². The molecule has 0 aliphatic heterocycles. The van der Waals surface area contributed by atoms with Crippen molar-refractivity contribution in [3.8, 4) is 0 Å². The van der Waals surface area contributed by atoms with Crippen LogP contribution < -0.4 is 5.32 Å². The highest BCUT2D eigenvalue weighted by Crippen LogP contribution is 2.19. The van der Waals surface area contributed by atoms with Gasteiger partial charge in [-0.05, 0) is 89.9 Å². The number of allylic oxidation sites excluding steroid dienone is 7. The van der Waals surface area contributed by atoms with Crippen molar-refractivity contribution in [1.82, 2.24) is 5.32 Å². The quantitative estimate of drug-likeness (QED) is 0.0320. The number of carbonyl (C=O) groups excluding carboxylic acids is 2. The normalized spacial score (nSPS) is 12.7. The van der Waals surface area contributed by atoms with Crippen molar-refractivity contribution in [3.05, 3.63) is 48.6 Å². The predicted octanol–water partition coefficient (Wildman–Crippen LogP) is 26.0. The van der Waals surface area contributed by atoms with E-state index in [9.17, 15) is 19.8 Å². The SMILES string of the molecule is CCCCCC/C=C\C/C=C\CCCCCCCC(=O)OCCCCCCCCCCCCCC/C=C\CCCCCCCCCCCCCCCCCCCC(=O)NC(CO)C(O)/C=C/CCCCCCCCCCCCCCCCCCCCC. The van der Waals surface area contributed by atoms with Crippen LogP contribution >= 0.6 is 0 Å². The van der Waals surface area contributed by atoms with Crippen molar-refractivity contribution in [2.45, 2.75) is 443 Å². The maximum absolute atomic E-state index is 12.5. The van der Waals surface area contributed by atoms with Crippen molar-refractivity contribution in [3.63, 3.8) is 0 Å². The van der Waals surface area contributed by atoms with Gasteiger partial charge in [-0.3, -0.25) is 9.59 Å². The summed E-state index contributed by atoms with van der Waals surface area (Å²) >= 11 is 0. The number of aliphatic hydroxyl groups is 2. The topological polar surface area (TPSA) is 95.9 Å². The average molecular weight is 1220 g/mol. The van der Waals surface area contributed by atoms with Gasteiger partial charge in [0.25, 0.3) is 0 Å². The van der Waals surface area contributed by atoms with Crippen molar-refractivity contribution >= 4 is 11.9 Å².